The number of nitriles is 1. The smallest absolute Gasteiger partial charge is 0.328 e. The van der Waals surface area contributed by atoms with Crippen molar-refractivity contribution in [3.8, 4) is 6.07 Å². The fourth-order valence-corrected chi connectivity index (χ4v) is 2.01. The van der Waals surface area contributed by atoms with Gasteiger partial charge >= 0.3 is 5.69 Å². The van der Waals surface area contributed by atoms with Crippen LogP contribution in [0, 0.1) is 27.3 Å². The van der Waals surface area contributed by atoms with Gasteiger partial charge in [-0.2, -0.15) is 5.26 Å². The molecular weight excluding hydrogens is 327 g/mol. The number of hydrogen-bond donors (Lipinski definition) is 2. The first-order valence-corrected chi connectivity index (χ1v) is 6.72. The summed E-state index contributed by atoms with van der Waals surface area (Å²) < 4.78 is 13.4. The van der Waals surface area contributed by atoms with Crippen LogP contribution in [-0.4, -0.2) is 21.6 Å². The minimum absolute atomic E-state index is 0.0760. The van der Waals surface area contributed by atoms with E-state index in [9.17, 15) is 19.6 Å². The van der Waals surface area contributed by atoms with Crippen molar-refractivity contribution in [2.75, 3.05) is 11.9 Å². The number of aliphatic hydroxyl groups excluding tert-OH is 1. The highest BCUT2D eigenvalue weighted by molar-refractivity contribution is 6.30. The average molecular weight is 337 g/mol. The van der Waals surface area contributed by atoms with Crippen LogP contribution in [0.3, 0.4) is 0 Å². The van der Waals surface area contributed by atoms with Crippen molar-refractivity contribution < 1.29 is 14.4 Å². The molecular formula is C14H10ClFN4O3. The van der Waals surface area contributed by atoms with E-state index in [0.717, 1.165) is 6.07 Å². The van der Waals surface area contributed by atoms with Gasteiger partial charge in [0.1, 0.15) is 17.4 Å². The van der Waals surface area contributed by atoms with Gasteiger partial charge in [-0.05, 0) is 23.8 Å². The van der Waals surface area contributed by atoms with E-state index in [1.165, 1.54) is 24.4 Å². The third kappa shape index (κ3) is 3.71. The molecule has 1 aromatic heterocycles. The van der Waals surface area contributed by atoms with E-state index in [4.69, 9.17) is 16.9 Å². The topological polar surface area (TPSA) is 112 Å². The van der Waals surface area contributed by atoms with E-state index in [-0.39, 0.29) is 28.5 Å². The second-order valence-corrected chi connectivity index (χ2v) is 4.90. The monoisotopic (exact) mass is 336 g/mol. The van der Waals surface area contributed by atoms with Gasteiger partial charge in [0.15, 0.2) is 0 Å². The summed E-state index contributed by atoms with van der Waals surface area (Å²) in [6, 6.07) is 6.72. The van der Waals surface area contributed by atoms with Crippen LogP contribution in [0.15, 0.2) is 30.5 Å². The van der Waals surface area contributed by atoms with E-state index in [0.29, 0.717) is 0 Å². The van der Waals surface area contributed by atoms with Crippen molar-refractivity contribution >= 4 is 23.1 Å². The number of nitrogens with zero attached hydrogens (tertiary/aromatic N) is 3. The van der Waals surface area contributed by atoms with Crippen molar-refractivity contribution in [1.29, 1.82) is 5.26 Å². The molecule has 1 atom stereocenters. The lowest BCUT2D eigenvalue weighted by Crippen LogP contribution is -2.14. The molecule has 0 saturated carbocycles. The zero-order valence-electron chi connectivity index (χ0n) is 11.5. The largest absolute Gasteiger partial charge is 0.387 e. The van der Waals surface area contributed by atoms with Gasteiger partial charge in [-0.15, -0.1) is 0 Å². The maximum absolute atomic E-state index is 13.4. The van der Waals surface area contributed by atoms with Gasteiger partial charge in [0.2, 0.25) is 5.82 Å². The molecule has 1 aromatic carbocycles. The Morgan fingerprint density at radius 2 is 2.26 bits per heavy atom. The Bertz CT molecular complexity index is 794. The molecule has 0 spiro atoms. The first kappa shape index (κ1) is 16.6. The van der Waals surface area contributed by atoms with E-state index >= 15 is 0 Å². The predicted octanol–water partition coefficient (Wildman–Crippen LogP) is 2.80. The summed E-state index contributed by atoms with van der Waals surface area (Å²) in [5, 5.41) is 32.5. The Morgan fingerprint density at radius 1 is 1.52 bits per heavy atom. The Kier molecular flexibility index (Phi) is 5.05. The molecule has 0 bridgehead atoms. The van der Waals surface area contributed by atoms with Gasteiger partial charge in [-0.3, -0.25) is 10.1 Å². The minimum Gasteiger partial charge on any atom is -0.387 e. The predicted molar refractivity (Wildman–Crippen MR) is 80.5 cm³/mol. The van der Waals surface area contributed by atoms with Crippen LogP contribution in [-0.2, 0) is 0 Å². The standard InChI is InChI=1S/C14H10ClFN4O3/c15-10-2-1-8(5-11(10)16)12(21)7-19-14-13(20(22)23)9(6-17)3-4-18-14/h1-5,12,21H,7H2,(H,18,19). The highest BCUT2D eigenvalue weighted by Gasteiger charge is 2.22. The Morgan fingerprint density at radius 3 is 2.87 bits per heavy atom. The molecule has 118 valence electrons. The zero-order chi connectivity index (χ0) is 17.0. The van der Waals surface area contributed by atoms with Gasteiger partial charge in [0, 0.05) is 12.7 Å². The fraction of sp³-hybridized carbons (Fsp3) is 0.143. The fourth-order valence-electron chi connectivity index (χ4n) is 1.89. The van der Waals surface area contributed by atoms with Crippen molar-refractivity contribution in [3.63, 3.8) is 0 Å². The molecule has 0 radical (unpaired) electrons. The van der Waals surface area contributed by atoms with Gasteiger partial charge in [0.25, 0.3) is 0 Å². The maximum atomic E-state index is 13.4. The molecule has 0 aliphatic rings. The van der Waals surface area contributed by atoms with E-state index in [1.54, 1.807) is 6.07 Å². The molecule has 0 aliphatic carbocycles. The highest BCUT2D eigenvalue weighted by atomic mass is 35.5. The molecule has 7 nitrogen and oxygen atoms in total. The molecule has 0 fully saturated rings. The van der Waals surface area contributed by atoms with E-state index in [1.807, 2.05) is 0 Å². The summed E-state index contributed by atoms with van der Waals surface area (Å²) >= 11 is 5.56. The van der Waals surface area contributed by atoms with E-state index in [2.05, 4.69) is 10.3 Å². The first-order chi connectivity index (χ1) is 10.9. The van der Waals surface area contributed by atoms with Gasteiger partial charge in [-0.1, -0.05) is 17.7 Å². The van der Waals surface area contributed by atoms with Crippen molar-refractivity contribution in [3.05, 3.63) is 62.5 Å². The lowest BCUT2D eigenvalue weighted by atomic mass is 10.1. The van der Waals surface area contributed by atoms with Crippen LogP contribution in [0.4, 0.5) is 15.9 Å². The Balaban J connectivity index is 2.19. The van der Waals surface area contributed by atoms with Crippen LogP contribution < -0.4 is 5.32 Å². The molecule has 2 rings (SSSR count). The van der Waals surface area contributed by atoms with Crippen LogP contribution in [0.2, 0.25) is 5.02 Å². The SMILES string of the molecule is N#Cc1ccnc(NCC(O)c2ccc(Cl)c(F)c2)c1[N+](=O)[O-]. The summed E-state index contributed by atoms with van der Waals surface area (Å²) in [4.78, 5) is 14.1. The second kappa shape index (κ2) is 7.00. The number of anilines is 1. The minimum atomic E-state index is -1.14. The summed E-state index contributed by atoms with van der Waals surface area (Å²) in [7, 11) is 0. The van der Waals surface area contributed by atoms with Gasteiger partial charge < -0.3 is 10.4 Å². The number of nitrogens with one attached hydrogen (secondary N) is 1. The number of hydrogen-bond acceptors (Lipinski definition) is 6. The lowest BCUT2D eigenvalue weighted by molar-refractivity contribution is -0.384. The molecule has 9 heteroatoms. The molecule has 2 aromatic rings. The Hall–Kier alpha value is -2.76. The third-order valence-corrected chi connectivity index (χ3v) is 3.33. The zero-order valence-corrected chi connectivity index (χ0v) is 12.3. The number of aromatic nitrogens is 1. The average Bonchev–Trinajstić information content (AvgIpc) is 2.54. The third-order valence-electron chi connectivity index (χ3n) is 3.02. The van der Waals surface area contributed by atoms with Crippen molar-refractivity contribution in [2.24, 2.45) is 0 Å². The summed E-state index contributed by atoms with van der Waals surface area (Å²) in [6.45, 7) is -0.163. The Labute approximate surface area is 135 Å². The maximum Gasteiger partial charge on any atom is 0.328 e. The number of pyridine rings is 1. The summed E-state index contributed by atoms with van der Waals surface area (Å²) in [5.41, 5.74) is -0.387. The van der Waals surface area contributed by atoms with E-state index < -0.39 is 22.5 Å². The molecule has 2 N–H and O–H groups in total. The normalized spacial score (nSPS) is 11.6. The molecule has 0 amide bonds. The molecule has 1 heterocycles. The van der Waals surface area contributed by atoms with Gasteiger partial charge in [-0.25, -0.2) is 9.37 Å². The second-order valence-electron chi connectivity index (χ2n) is 4.49. The number of rotatable bonds is 5. The molecule has 0 aliphatic heterocycles. The molecule has 23 heavy (non-hydrogen) atoms. The van der Waals surface area contributed by atoms with Crippen LogP contribution >= 0.6 is 11.6 Å². The van der Waals surface area contributed by atoms with Crippen LogP contribution in [0.5, 0.6) is 0 Å². The van der Waals surface area contributed by atoms with Crippen LogP contribution in [0.25, 0.3) is 0 Å². The lowest BCUT2D eigenvalue weighted by Gasteiger charge is -2.13. The molecule has 1 unspecified atom stereocenters. The number of halogens is 2. The summed E-state index contributed by atoms with van der Waals surface area (Å²) in [5.74, 6) is -0.832. The van der Waals surface area contributed by atoms with Crippen molar-refractivity contribution in [1.82, 2.24) is 4.98 Å². The molecule has 0 saturated heterocycles. The number of nitro groups is 1. The highest BCUT2D eigenvalue weighted by Crippen LogP contribution is 2.27. The van der Waals surface area contributed by atoms with Crippen molar-refractivity contribution in [2.45, 2.75) is 6.10 Å². The van der Waals surface area contributed by atoms with Crippen LogP contribution in [0.1, 0.15) is 17.2 Å². The summed E-state index contributed by atoms with van der Waals surface area (Å²) in [6.07, 6.45) is 0.0938. The number of aliphatic hydroxyl groups is 1. The number of benzene rings is 1. The first-order valence-electron chi connectivity index (χ1n) is 6.34. The van der Waals surface area contributed by atoms with Gasteiger partial charge in [0.05, 0.1) is 16.0 Å². The quantitative estimate of drug-likeness (QED) is 0.641.